The summed E-state index contributed by atoms with van der Waals surface area (Å²) in [5.41, 5.74) is -3.59. The molecular weight excluding hydrogens is 590 g/mol. The highest BCUT2D eigenvalue weighted by Gasteiger charge is 2.62. The molecule has 2 aliphatic rings. The van der Waals surface area contributed by atoms with Crippen molar-refractivity contribution in [1.29, 1.82) is 0 Å². The quantitative estimate of drug-likeness (QED) is 0.389. The molecule has 1 atom stereocenters. The number of likely N-dealkylation sites (tertiary alicyclic amines) is 1. The molecule has 0 bridgehead atoms. The minimum Gasteiger partial charge on any atom is -0.497 e. The Hall–Kier alpha value is -3.05. The van der Waals surface area contributed by atoms with Crippen molar-refractivity contribution in [3.8, 4) is 5.75 Å². The third-order valence-electron chi connectivity index (χ3n) is 8.85. The average molecular weight is 628 g/mol. The molecule has 2 aliphatic heterocycles. The van der Waals surface area contributed by atoms with E-state index in [4.69, 9.17) is 16.3 Å². The maximum Gasteiger partial charge on any atom is 0.430 e. The molecule has 0 radical (unpaired) electrons. The van der Waals surface area contributed by atoms with Gasteiger partial charge in [0.05, 0.1) is 17.7 Å². The lowest BCUT2D eigenvalue weighted by Gasteiger charge is -2.45. The SMILES string of the molecule is COc1cc(F)cc(C(O)(C(=O)N2CCC(C)(CC3CCN(c4ccc(C(=O)N(C)C)c(Cl)c4)CC3)CC2)C(F)(F)F)c1. The Morgan fingerprint density at radius 2 is 1.70 bits per heavy atom. The van der Waals surface area contributed by atoms with Crippen LogP contribution in [0.5, 0.6) is 5.75 Å². The van der Waals surface area contributed by atoms with Crippen molar-refractivity contribution >= 4 is 29.1 Å². The monoisotopic (exact) mass is 627 g/mol. The van der Waals surface area contributed by atoms with Crippen LogP contribution in [0.4, 0.5) is 23.2 Å². The Bertz CT molecular complexity index is 1340. The fraction of sp³-hybridized carbons (Fsp3) is 0.548. The van der Waals surface area contributed by atoms with E-state index in [-0.39, 0.29) is 30.2 Å². The number of methoxy groups -OCH3 is 1. The number of halogens is 5. The Balaban J connectivity index is 1.37. The molecule has 1 N–H and O–H groups in total. The second-order valence-electron chi connectivity index (χ2n) is 12.2. The van der Waals surface area contributed by atoms with Crippen LogP contribution in [0.2, 0.25) is 5.02 Å². The summed E-state index contributed by atoms with van der Waals surface area (Å²) in [7, 11) is 4.50. The molecule has 2 fully saturated rings. The number of amides is 2. The highest BCUT2D eigenvalue weighted by molar-refractivity contribution is 6.34. The number of anilines is 1. The van der Waals surface area contributed by atoms with Crippen molar-refractivity contribution in [1.82, 2.24) is 9.80 Å². The number of benzene rings is 2. The normalized spacial score (nSPS) is 19.1. The molecule has 2 aromatic carbocycles. The van der Waals surface area contributed by atoms with Gasteiger partial charge in [-0.05, 0) is 73.8 Å². The summed E-state index contributed by atoms with van der Waals surface area (Å²) < 4.78 is 61.5. The zero-order chi connectivity index (χ0) is 31.7. The lowest BCUT2D eigenvalue weighted by atomic mass is 9.71. The first-order valence-corrected chi connectivity index (χ1v) is 14.7. The number of hydrogen-bond acceptors (Lipinski definition) is 5. The number of aliphatic hydroxyl groups is 1. The van der Waals surface area contributed by atoms with Gasteiger partial charge in [-0.3, -0.25) is 9.59 Å². The van der Waals surface area contributed by atoms with E-state index in [1.165, 1.54) is 4.90 Å². The first-order valence-electron chi connectivity index (χ1n) is 14.3. The zero-order valence-electron chi connectivity index (χ0n) is 24.8. The topological polar surface area (TPSA) is 73.3 Å². The van der Waals surface area contributed by atoms with Gasteiger partial charge in [0.2, 0.25) is 0 Å². The summed E-state index contributed by atoms with van der Waals surface area (Å²) in [5, 5.41) is 11.2. The minimum atomic E-state index is -5.37. The molecule has 0 aliphatic carbocycles. The maximum absolute atomic E-state index is 14.2. The molecule has 0 aromatic heterocycles. The zero-order valence-corrected chi connectivity index (χ0v) is 25.6. The molecule has 2 amide bonds. The minimum absolute atomic E-state index is 0.0511. The van der Waals surface area contributed by atoms with Gasteiger partial charge in [0, 0.05) is 57.6 Å². The van der Waals surface area contributed by atoms with E-state index in [1.807, 2.05) is 12.1 Å². The molecule has 2 saturated heterocycles. The van der Waals surface area contributed by atoms with E-state index in [1.54, 1.807) is 20.2 Å². The van der Waals surface area contributed by atoms with E-state index in [0.717, 1.165) is 62.2 Å². The van der Waals surface area contributed by atoms with Crippen LogP contribution >= 0.6 is 11.6 Å². The third kappa shape index (κ3) is 6.87. The fourth-order valence-corrected chi connectivity index (χ4v) is 6.44. The van der Waals surface area contributed by atoms with E-state index < -0.39 is 29.1 Å². The van der Waals surface area contributed by atoms with Crippen LogP contribution in [0.1, 0.15) is 54.9 Å². The lowest BCUT2D eigenvalue weighted by Crippen LogP contribution is -2.57. The molecule has 2 heterocycles. The predicted octanol–water partition coefficient (Wildman–Crippen LogP) is 5.87. The van der Waals surface area contributed by atoms with Gasteiger partial charge in [-0.25, -0.2) is 4.39 Å². The van der Waals surface area contributed by atoms with Gasteiger partial charge in [-0.1, -0.05) is 18.5 Å². The van der Waals surface area contributed by atoms with Crippen LogP contribution in [-0.2, 0) is 10.4 Å². The van der Waals surface area contributed by atoms with Gasteiger partial charge in [-0.2, -0.15) is 13.2 Å². The average Bonchev–Trinajstić information content (AvgIpc) is 2.95. The second kappa shape index (κ2) is 12.5. The number of piperidine rings is 2. The summed E-state index contributed by atoms with van der Waals surface area (Å²) in [4.78, 5) is 30.3. The molecule has 43 heavy (non-hydrogen) atoms. The highest BCUT2D eigenvalue weighted by atomic mass is 35.5. The molecule has 4 rings (SSSR count). The van der Waals surface area contributed by atoms with Crippen LogP contribution < -0.4 is 9.64 Å². The van der Waals surface area contributed by atoms with E-state index >= 15 is 0 Å². The number of ether oxygens (including phenoxy) is 1. The summed E-state index contributed by atoms with van der Waals surface area (Å²) in [5.74, 6) is -2.56. The summed E-state index contributed by atoms with van der Waals surface area (Å²) >= 11 is 6.40. The smallest absolute Gasteiger partial charge is 0.430 e. The lowest BCUT2D eigenvalue weighted by molar-refractivity contribution is -0.262. The fourth-order valence-electron chi connectivity index (χ4n) is 6.19. The first-order chi connectivity index (χ1) is 20.1. The summed E-state index contributed by atoms with van der Waals surface area (Å²) in [6, 6.07) is 7.68. The van der Waals surface area contributed by atoms with Crippen LogP contribution in [0.3, 0.4) is 0 Å². The summed E-state index contributed by atoms with van der Waals surface area (Å²) in [6.07, 6.45) is -1.70. The largest absolute Gasteiger partial charge is 0.497 e. The van der Waals surface area contributed by atoms with Gasteiger partial charge < -0.3 is 24.5 Å². The van der Waals surface area contributed by atoms with Gasteiger partial charge in [0.25, 0.3) is 17.4 Å². The van der Waals surface area contributed by atoms with E-state index in [9.17, 15) is 32.3 Å². The van der Waals surface area contributed by atoms with Crippen molar-refractivity contribution in [2.24, 2.45) is 11.3 Å². The second-order valence-corrected chi connectivity index (χ2v) is 12.6. The van der Waals surface area contributed by atoms with Crippen molar-refractivity contribution in [2.75, 3.05) is 52.3 Å². The van der Waals surface area contributed by atoms with Gasteiger partial charge in [0.15, 0.2) is 0 Å². The third-order valence-corrected chi connectivity index (χ3v) is 9.17. The highest BCUT2D eigenvalue weighted by Crippen LogP contribution is 2.45. The Morgan fingerprint density at radius 3 is 2.23 bits per heavy atom. The van der Waals surface area contributed by atoms with Crippen molar-refractivity contribution in [3.05, 3.63) is 58.4 Å². The van der Waals surface area contributed by atoms with Crippen molar-refractivity contribution in [3.63, 3.8) is 0 Å². The van der Waals surface area contributed by atoms with E-state index in [0.29, 0.717) is 35.4 Å². The molecule has 236 valence electrons. The molecule has 7 nitrogen and oxygen atoms in total. The molecule has 12 heteroatoms. The number of carbonyl (C=O) groups excluding carboxylic acids is 2. The number of carbonyl (C=O) groups is 2. The maximum atomic E-state index is 14.2. The van der Waals surface area contributed by atoms with Crippen molar-refractivity contribution in [2.45, 2.75) is 50.8 Å². The van der Waals surface area contributed by atoms with E-state index in [2.05, 4.69) is 11.8 Å². The molecule has 1 unspecified atom stereocenters. The van der Waals surface area contributed by atoms with Crippen LogP contribution in [0, 0.1) is 17.2 Å². The molecule has 0 saturated carbocycles. The number of hydrogen-bond donors (Lipinski definition) is 1. The number of nitrogens with zero attached hydrogens (tertiary/aromatic N) is 3. The van der Waals surface area contributed by atoms with Crippen LogP contribution in [-0.4, -0.2) is 80.3 Å². The van der Waals surface area contributed by atoms with Crippen molar-refractivity contribution < 1.29 is 37.0 Å². The first kappa shape index (κ1) is 32.9. The molecule has 0 spiro atoms. The van der Waals surface area contributed by atoms with Gasteiger partial charge >= 0.3 is 6.18 Å². The predicted molar refractivity (Wildman–Crippen MR) is 156 cm³/mol. The standard InChI is InChI=1S/C31H38ClF4N3O4/c1-29(19-20-7-11-38(12-8-20)23-5-6-25(26(32)18-23)27(40)37(2)3)9-13-39(14-10-29)28(41)30(42,31(34,35)36)21-15-22(33)17-24(16-21)43-4/h5-6,15-18,20,42H,7-14,19H2,1-4H3. The summed E-state index contributed by atoms with van der Waals surface area (Å²) in [6.45, 7) is 3.80. The Morgan fingerprint density at radius 1 is 1.07 bits per heavy atom. The Kier molecular flexibility index (Phi) is 9.56. The van der Waals surface area contributed by atoms with Gasteiger partial charge in [-0.15, -0.1) is 0 Å². The molecule has 2 aromatic rings. The number of rotatable bonds is 7. The van der Waals surface area contributed by atoms with Crippen LogP contribution in [0.25, 0.3) is 0 Å². The molecular formula is C31H38ClF4N3O4. The van der Waals surface area contributed by atoms with Crippen LogP contribution in [0.15, 0.2) is 36.4 Å². The Labute approximate surface area is 254 Å². The number of alkyl halides is 3. The van der Waals surface area contributed by atoms with Gasteiger partial charge in [0.1, 0.15) is 11.6 Å².